The molecule has 1 fully saturated rings. The zero-order chi connectivity index (χ0) is 59.2. The molecule has 8 rings (SSSR count). The fraction of sp³-hybridized carbons (Fsp3) is 0.560. The number of halogens is 1. The van der Waals surface area contributed by atoms with Gasteiger partial charge in [0, 0.05) is 42.4 Å². The maximum Gasteiger partial charge on any atom is 0.410 e. The lowest BCUT2D eigenvalue weighted by Gasteiger charge is -2.33. The monoisotopic (exact) mass is 1160 g/mol. The third kappa shape index (κ3) is 19.2. The number of nitrogens with zero attached hydrogens (tertiary/aromatic N) is 1. The van der Waals surface area contributed by atoms with Gasteiger partial charge >= 0.3 is 12.1 Å². The van der Waals surface area contributed by atoms with Crippen LogP contribution in [0.1, 0.15) is 246 Å². The third-order valence-corrected chi connectivity index (χ3v) is 18.1. The Morgan fingerprint density at radius 3 is 1.58 bits per heavy atom. The second-order valence-corrected chi connectivity index (χ2v) is 24.5. The zero-order valence-electron chi connectivity index (χ0n) is 51.7. The predicted octanol–water partition coefficient (Wildman–Crippen LogP) is 19.3. The molecule has 0 saturated carbocycles. The summed E-state index contributed by atoms with van der Waals surface area (Å²) < 4.78 is 40.1. The van der Waals surface area contributed by atoms with Crippen molar-refractivity contribution in [2.75, 3.05) is 39.5 Å². The summed E-state index contributed by atoms with van der Waals surface area (Å²) in [5.74, 6) is -1.14. The minimum Gasteiger partial charge on any atom is -0.494 e. The number of benzene rings is 5. The molecule has 9 nitrogen and oxygen atoms in total. The maximum absolute atomic E-state index is 15.2. The molecular formula is C75H101FN2O7. The van der Waals surface area contributed by atoms with Crippen molar-refractivity contribution in [2.45, 2.75) is 230 Å². The quantitative estimate of drug-likeness (QED) is 0.0307. The lowest BCUT2D eigenvalue weighted by atomic mass is 9.83. The Hall–Kier alpha value is -6.00. The summed E-state index contributed by atoms with van der Waals surface area (Å²) in [5, 5.41) is 2.77. The highest BCUT2D eigenvalue weighted by Crippen LogP contribution is 2.54. The van der Waals surface area contributed by atoms with E-state index in [1.54, 1.807) is 12.1 Å². The fourth-order valence-electron chi connectivity index (χ4n) is 13.4. The van der Waals surface area contributed by atoms with Crippen molar-refractivity contribution in [3.05, 3.63) is 149 Å². The number of nitrogens with one attached hydrogen (secondary N) is 1. The van der Waals surface area contributed by atoms with E-state index in [1.807, 2.05) is 66.7 Å². The molecule has 1 N–H and O–H groups in total. The largest absolute Gasteiger partial charge is 0.494 e. The lowest BCUT2D eigenvalue weighted by molar-refractivity contribution is -0.153. The Labute approximate surface area is 509 Å². The number of amides is 2. The molecule has 0 spiro atoms. The SMILES string of the molecule is CCCCCCCCCCCCCCCCCCCCCCOCCCCCCCCCCCCOc1ccc2c(c1)C(OC(=O)CNC(=O)[C@@H]1CCCN1C(=O)OCC1c3ccccc3-c3ccccc31)(c1cccc(F)c1)c1ccccc1-2. The second-order valence-electron chi connectivity index (χ2n) is 24.5. The van der Waals surface area contributed by atoms with E-state index in [4.69, 9.17) is 18.9 Å². The van der Waals surface area contributed by atoms with Gasteiger partial charge in [-0.1, -0.05) is 271 Å². The van der Waals surface area contributed by atoms with Gasteiger partial charge in [0.25, 0.3) is 0 Å². The van der Waals surface area contributed by atoms with Gasteiger partial charge in [-0.05, 0) is 89.8 Å². The fourth-order valence-corrected chi connectivity index (χ4v) is 13.4. The Morgan fingerprint density at radius 2 is 1.02 bits per heavy atom. The lowest BCUT2D eigenvalue weighted by Crippen LogP contribution is -2.48. The molecule has 0 radical (unpaired) electrons. The van der Waals surface area contributed by atoms with E-state index in [0.29, 0.717) is 48.4 Å². The van der Waals surface area contributed by atoms with Gasteiger partial charge in [0.2, 0.25) is 5.91 Å². The Bertz CT molecular complexity index is 2750. The number of likely N-dealkylation sites (tertiary alicyclic amines) is 1. The predicted molar refractivity (Wildman–Crippen MR) is 343 cm³/mol. The van der Waals surface area contributed by atoms with Gasteiger partial charge in [0.15, 0.2) is 5.60 Å². The summed E-state index contributed by atoms with van der Waals surface area (Å²) in [5.41, 5.74) is 6.42. The summed E-state index contributed by atoms with van der Waals surface area (Å²) >= 11 is 0. The van der Waals surface area contributed by atoms with Crippen LogP contribution >= 0.6 is 0 Å². The molecule has 0 aromatic heterocycles. The number of hydrogen-bond donors (Lipinski definition) is 1. The van der Waals surface area contributed by atoms with Crippen molar-refractivity contribution in [2.24, 2.45) is 0 Å². The molecule has 2 atom stereocenters. The van der Waals surface area contributed by atoms with Crippen molar-refractivity contribution < 1.29 is 37.7 Å². The number of fused-ring (bicyclic) bond motifs is 6. The van der Waals surface area contributed by atoms with Crippen LogP contribution in [-0.4, -0.2) is 68.4 Å². The Kier molecular flexibility index (Phi) is 27.7. The van der Waals surface area contributed by atoms with Crippen molar-refractivity contribution in [3.63, 3.8) is 0 Å². The first-order valence-electron chi connectivity index (χ1n) is 33.7. The van der Waals surface area contributed by atoms with Crippen LogP contribution < -0.4 is 10.1 Å². The standard InChI is InChI=1S/C75H101FN2O7/c1-2-3-4-5-6-7-8-9-10-11-12-13-14-15-16-17-20-23-26-35-52-82-53-36-27-24-21-18-19-22-25-28-37-54-83-61-49-50-67-66-46-33-34-47-69(66)75(70(67)56-61,59-40-38-41-60(76)55-59)85-72(79)57-77-73(80)71-48-39-51-78(71)74(81)84-58-68-64-44-31-29-42-62(64)63-43-30-32-45-65(63)68/h29-34,38,40-47,49-50,55-56,68,71H,2-28,35-37,39,48,51-54,57-58H2,1H3,(H,77,80)/t71-,75?/m0/s1. The molecule has 3 aliphatic rings. The summed E-state index contributed by atoms with van der Waals surface area (Å²) in [6.07, 6.45) is 40.6. The number of rotatable bonds is 42. The number of carbonyl (C=O) groups excluding carboxylic acids is 3. The molecule has 5 aromatic rings. The van der Waals surface area contributed by atoms with Gasteiger partial charge < -0.3 is 24.3 Å². The summed E-state index contributed by atoms with van der Waals surface area (Å²) in [7, 11) is 0. The first-order valence-corrected chi connectivity index (χ1v) is 33.7. The number of unbranched alkanes of at least 4 members (excludes halogenated alkanes) is 28. The maximum atomic E-state index is 15.2. The molecule has 2 amide bonds. The van der Waals surface area contributed by atoms with E-state index in [-0.39, 0.29) is 12.5 Å². The number of hydrogen-bond acceptors (Lipinski definition) is 7. The van der Waals surface area contributed by atoms with Gasteiger partial charge in [-0.2, -0.15) is 0 Å². The third-order valence-electron chi connectivity index (χ3n) is 18.1. The smallest absolute Gasteiger partial charge is 0.410 e. The van der Waals surface area contributed by atoms with Gasteiger partial charge in [-0.25, -0.2) is 9.18 Å². The minimum absolute atomic E-state index is 0.116. The molecule has 5 aromatic carbocycles. The topological polar surface area (TPSA) is 103 Å². The molecular weight excluding hydrogens is 1060 g/mol. The van der Waals surface area contributed by atoms with Gasteiger partial charge in [-0.3, -0.25) is 14.5 Å². The minimum atomic E-state index is -1.53. The summed E-state index contributed by atoms with van der Waals surface area (Å²) in [4.78, 5) is 43.2. The van der Waals surface area contributed by atoms with Gasteiger partial charge in [-0.15, -0.1) is 0 Å². The van der Waals surface area contributed by atoms with Crippen LogP contribution in [0.3, 0.4) is 0 Å². The first-order chi connectivity index (χ1) is 41.9. The number of ether oxygens (including phenoxy) is 4. The molecule has 1 aliphatic heterocycles. The van der Waals surface area contributed by atoms with Crippen LogP contribution in [0.25, 0.3) is 22.3 Å². The second kappa shape index (κ2) is 36.2. The molecule has 10 heteroatoms. The molecule has 460 valence electrons. The van der Waals surface area contributed by atoms with Crippen molar-refractivity contribution >= 4 is 18.0 Å². The van der Waals surface area contributed by atoms with Crippen LogP contribution in [0.5, 0.6) is 5.75 Å². The van der Waals surface area contributed by atoms with Crippen LogP contribution in [0.15, 0.2) is 115 Å². The van der Waals surface area contributed by atoms with E-state index in [9.17, 15) is 14.4 Å². The van der Waals surface area contributed by atoms with Crippen LogP contribution in [-0.2, 0) is 29.4 Å². The summed E-state index contributed by atoms with van der Waals surface area (Å²) in [6, 6.07) is 35.2. The summed E-state index contributed by atoms with van der Waals surface area (Å²) in [6.45, 7) is 4.69. The average molecular weight is 1160 g/mol. The van der Waals surface area contributed by atoms with E-state index < -0.39 is 42.0 Å². The highest BCUT2D eigenvalue weighted by Gasteiger charge is 2.49. The number of carbonyl (C=O) groups is 3. The first kappa shape index (κ1) is 65.0. The Morgan fingerprint density at radius 1 is 0.529 bits per heavy atom. The van der Waals surface area contributed by atoms with Crippen LogP contribution in [0.4, 0.5) is 9.18 Å². The van der Waals surface area contributed by atoms with Crippen LogP contribution in [0.2, 0.25) is 0 Å². The average Bonchev–Trinajstić information content (AvgIpc) is 1.91. The van der Waals surface area contributed by atoms with E-state index in [1.165, 1.54) is 197 Å². The van der Waals surface area contributed by atoms with Crippen molar-refractivity contribution in [1.29, 1.82) is 0 Å². The number of esters is 1. The normalized spacial score (nSPS) is 15.8. The molecule has 1 heterocycles. The van der Waals surface area contributed by atoms with Gasteiger partial charge in [0.1, 0.15) is 30.8 Å². The van der Waals surface area contributed by atoms with Crippen molar-refractivity contribution in [1.82, 2.24) is 10.2 Å². The van der Waals surface area contributed by atoms with E-state index >= 15 is 4.39 Å². The molecule has 1 saturated heterocycles. The highest BCUT2D eigenvalue weighted by molar-refractivity contribution is 5.90. The van der Waals surface area contributed by atoms with Crippen molar-refractivity contribution in [3.8, 4) is 28.0 Å². The molecule has 1 unspecified atom stereocenters. The van der Waals surface area contributed by atoms with Crippen LogP contribution in [0, 0.1) is 5.82 Å². The van der Waals surface area contributed by atoms with Gasteiger partial charge in [0.05, 0.1) is 6.61 Å². The van der Waals surface area contributed by atoms with E-state index in [2.05, 4.69) is 36.5 Å². The van der Waals surface area contributed by atoms with E-state index in [0.717, 1.165) is 59.4 Å². The Balaban J connectivity index is 0.680. The zero-order valence-corrected chi connectivity index (χ0v) is 51.7. The molecule has 85 heavy (non-hydrogen) atoms. The molecule has 0 bridgehead atoms. The highest BCUT2D eigenvalue weighted by atomic mass is 19.1. The molecule has 2 aliphatic carbocycles.